The molecule has 33 heavy (non-hydrogen) atoms. The number of amides is 1. The van der Waals surface area contributed by atoms with E-state index < -0.39 is 10.8 Å². The summed E-state index contributed by atoms with van der Waals surface area (Å²) in [5.74, 6) is 0.0126. The Morgan fingerprint density at radius 3 is 2.76 bits per heavy atom. The topological polar surface area (TPSA) is 110 Å². The molecule has 0 aliphatic rings. The summed E-state index contributed by atoms with van der Waals surface area (Å²) in [6.45, 7) is 1.99. The molecule has 0 fully saturated rings. The van der Waals surface area contributed by atoms with Gasteiger partial charge in [-0.05, 0) is 66.7 Å². The molecule has 1 amide bonds. The van der Waals surface area contributed by atoms with Crippen molar-refractivity contribution in [1.29, 1.82) is 0 Å². The number of nitrogens with one attached hydrogen (secondary N) is 2. The number of carbonyl (C=O) groups is 1. The molecule has 0 saturated heterocycles. The molecule has 0 bridgehead atoms. The van der Waals surface area contributed by atoms with E-state index in [1.807, 2.05) is 43.3 Å². The summed E-state index contributed by atoms with van der Waals surface area (Å²) < 4.78 is 5.84. The number of fused-ring (bicyclic) bond motifs is 1. The van der Waals surface area contributed by atoms with Gasteiger partial charge in [-0.3, -0.25) is 20.2 Å². The molecule has 0 radical (unpaired) electrons. The molecule has 4 rings (SSSR count). The van der Waals surface area contributed by atoms with E-state index in [2.05, 4.69) is 15.6 Å². The van der Waals surface area contributed by atoms with Gasteiger partial charge in [0.05, 0.1) is 4.92 Å². The Kier molecular flexibility index (Phi) is 6.23. The van der Waals surface area contributed by atoms with Crippen molar-refractivity contribution in [2.24, 2.45) is 0 Å². The summed E-state index contributed by atoms with van der Waals surface area (Å²) in [6, 6.07) is 19.1. The van der Waals surface area contributed by atoms with Crippen LogP contribution in [0, 0.1) is 17.0 Å². The number of nitro groups is 1. The highest BCUT2D eigenvalue weighted by Crippen LogP contribution is 2.26. The van der Waals surface area contributed by atoms with Crippen molar-refractivity contribution in [3.8, 4) is 11.5 Å². The number of nitrogens with zero attached hydrogens (tertiary/aromatic N) is 2. The molecule has 2 N–H and O–H groups in total. The van der Waals surface area contributed by atoms with Gasteiger partial charge < -0.3 is 9.73 Å². The Balaban J connectivity index is 1.40. The van der Waals surface area contributed by atoms with Crippen molar-refractivity contribution in [3.63, 3.8) is 0 Å². The van der Waals surface area contributed by atoms with Crippen LogP contribution in [0.25, 0.3) is 28.6 Å². The standard InChI is InChI=1S/C24H18N4O4S/c1-15-8-10-21-20(12-15)26-23(32-21)17-5-3-6-18(14-17)25-24(33)27-22(29)11-9-16-4-2-7-19(13-16)28(30)31/h2-14H,1H3,(H2,25,27,29,33)/b11-9+. The lowest BCUT2D eigenvalue weighted by Crippen LogP contribution is -2.32. The fraction of sp³-hybridized carbons (Fsp3) is 0.0417. The lowest BCUT2D eigenvalue weighted by molar-refractivity contribution is -0.384. The van der Waals surface area contributed by atoms with Gasteiger partial charge >= 0.3 is 0 Å². The van der Waals surface area contributed by atoms with E-state index in [0.717, 1.165) is 16.6 Å². The van der Waals surface area contributed by atoms with Crippen LogP contribution in [0.2, 0.25) is 0 Å². The van der Waals surface area contributed by atoms with E-state index in [1.165, 1.54) is 24.3 Å². The van der Waals surface area contributed by atoms with Crippen molar-refractivity contribution in [3.05, 3.63) is 94.0 Å². The minimum Gasteiger partial charge on any atom is -0.436 e. The molecule has 0 spiro atoms. The Bertz CT molecular complexity index is 1410. The molecule has 0 aliphatic carbocycles. The lowest BCUT2D eigenvalue weighted by Gasteiger charge is -2.08. The fourth-order valence-electron chi connectivity index (χ4n) is 3.12. The number of thiocarbonyl (C=S) groups is 1. The zero-order valence-electron chi connectivity index (χ0n) is 17.4. The highest BCUT2D eigenvalue weighted by atomic mass is 32.1. The van der Waals surface area contributed by atoms with Crippen LogP contribution < -0.4 is 10.6 Å². The lowest BCUT2D eigenvalue weighted by atomic mass is 10.2. The van der Waals surface area contributed by atoms with Crippen molar-refractivity contribution < 1.29 is 14.1 Å². The maximum absolute atomic E-state index is 12.2. The van der Waals surface area contributed by atoms with Crippen molar-refractivity contribution >= 4 is 51.8 Å². The zero-order valence-corrected chi connectivity index (χ0v) is 18.3. The first-order valence-corrected chi connectivity index (χ1v) is 10.3. The molecule has 4 aromatic rings. The second kappa shape index (κ2) is 9.41. The molecule has 0 aliphatic heterocycles. The first-order chi connectivity index (χ1) is 15.9. The monoisotopic (exact) mass is 458 g/mol. The van der Waals surface area contributed by atoms with Crippen molar-refractivity contribution in [1.82, 2.24) is 10.3 Å². The highest BCUT2D eigenvalue weighted by molar-refractivity contribution is 7.80. The Hall–Kier alpha value is -4.37. The number of hydrogen-bond donors (Lipinski definition) is 2. The largest absolute Gasteiger partial charge is 0.436 e. The van der Waals surface area contributed by atoms with Gasteiger partial charge in [0.1, 0.15) is 5.52 Å². The number of hydrogen-bond acceptors (Lipinski definition) is 6. The highest BCUT2D eigenvalue weighted by Gasteiger charge is 2.10. The number of carbonyl (C=O) groups excluding carboxylic acids is 1. The van der Waals surface area contributed by atoms with E-state index in [0.29, 0.717) is 22.7 Å². The smallest absolute Gasteiger partial charge is 0.270 e. The molecule has 1 aromatic heterocycles. The van der Waals surface area contributed by atoms with E-state index in [9.17, 15) is 14.9 Å². The molecule has 164 valence electrons. The van der Waals surface area contributed by atoms with Crippen LogP contribution in [0.15, 0.2) is 77.2 Å². The second-order valence-corrected chi connectivity index (χ2v) is 7.61. The van der Waals surface area contributed by atoms with Gasteiger partial charge in [-0.1, -0.05) is 24.3 Å². The molecule has 3 aromatic carbocycles. The van der Waals surface area contributed by atoms with Crippen molar-refractivity contribution in [2.45, 2.75) is 6.92 Å². The average Bonchev–Trinajstić information content (AvgIpc) is 3.21. The van der Waals surface area contributed by atoms with Crippen LogP contribution in [-0.4, -0.2) is 20.9 Å². The summed E-state index contributed by atoms with van der Waals surface area (Å²) >= 11 is 5.22. The number of aryl methyl sites for hydroxylation is 1. The van der Waals surface area contributed by atoms with Gasteiger partial charge in [0.2, 0.25) is 11.8 Å². The maximum Gasteiger partial charge on any atom is 0.270 e. The quantitative estimate of drug-likeness (QED) is 0.182. The number of anilines is 1. The van der Waals surface area contributed by atoms with Crippen LogP contribution in [-0.2, 0) is 4.79 Å². The van der Waals surface area contributed by atoms with Gasteiger partial charge in [-0.2, -0.15) is 0 Å². The number of nitro benzene ring substituents is 1. The SMILES string of the molecule is Cc1ccc2oc(-c3cccc(NC(=S)NC(=O)/C=C/c4cccc([N+](=O)[O-])c4)c3)nc2c1. The molecular formula is C24H18N4O4S. The predicted octanol–water partition coefficient (Wildman–Crippen LogP) is 5.24. The zero-order chi connectivity index (χ0) is 23.4. The van der Waals surface area contributed by atoms with Crippen LogP contribution in [0.3, 0.4) is 0 Å². The van der Waals surface area contributed by atoms with E-state index in [-0.39, 0.29) is 10.8 Å². The van der Waals surface area contributed by atoms with Crippen LogP contribution in [0.1, 0.15) is 11.1 Å². The minimum atomic E-state index is -0.494. The molecular weight excluding hydrogens is 440 g/mol. The fourth-order valence-corrected chi connectivity index (χ4v) is 3.34. The third-order valence-electron chi connectivity index (χ3n) is 4.66. The van der Waals surface area contributed by atoms with E-state index in [4.69, 9.17) is 16.6 Å². The minimum absolute atomic E-state index is 0.0521. The average molecular weight is 458 g/mol. The Labute approximate surface area is 194 Å². The summed E-state index contributed by atoms with van der Waals surface area (Å²) in [4.78, 5) is 27.1. The summed E-state index contributed by atoms with van der Waals surface area (Å²) in [5, 5.41) is 16.5. The first-order valence-electron chi connectivity index (χ1n) is 9.89. The normalized spacial score (nSPS) is 10.9. The summed E-state index contributed by atoms with van der Waals surface area (Å²) in [7, 11) is 0. The number of rotatable bonds is 5. The second-order valence-electron chi connectivity index (χ2n) is 7.20. The molecule has 0 unspecified atom stereocenters. The molecule has 9 heteroatoms. The number of non-ortho nitro benzene ring substituents is 1. The number of benzene rings is 3. The molecule has 1 heterocycles. The van der Waals surface area contributed by atoms with E-state index >= 15 is 0 Å². The molecule has 0 saturated carbocycles. The molecule has 0 atom stereocenters. The van der Waals surface area contributed by atoms with Crippen molar-refractivity contribution in [2.75, 3.05) is 5.32 Å². The Morgan fingerprint density at radius 1 is 1.12 bits per heavy atom. The number of oxazole rings is 1. The third-order valence-corrected chi connectivity index (χ3v) is 4.86. The van der Waals surface area contributed by atoms with Gasteiger partial charge in [0.15, 0.2) is 10.7 Å². The maximum atomic E-state index is 12.2. The Morgan fingerprint density at radius 2 is 1.94 bits per heavy atom. The number of aromatic nitrogens is 1. The van der Waals surface area contributed by atoms with Gasteiger partial charge in [-0.25, -0.2) is 4.98 Å². The first kappa shape index (κ1) is 21.8. The van der Waals surface area contributed by atoms with E-state index in [1.54, 1.807) is 18.2 Å². The third kappa shape index (κ3) is 5.46. The predicted molar refractivity (Wildman–Crippen MR) is 131 cm³/mol. The van der Waals surface area contributed by atoms with Gasteiger partial charge in [0, 0.05) is 29.5 Å². The van der Waals surface area contributed by atoms with Crippen LogP contribution in [0.4, 0.5) is 11.4 Å². The summed E-state index contributed by atoms with van der Waals surface area (Å²) in [5.41, 5.74) is 4.46. The van der Waals surface area contributed by atoms with Crippen LogP contribution in [0.5, 0.6) is 0 Å². The van der Waals surface area contributed by atoms with Gasteiger partial charge in [0.25, 0.3) is 5.69 Å². The summed E-state index contributed by atoms with van der Waals surface area (Å²) in [6.07, 6.45) is 2.73. The van der Waals surface area contributed by atoms with Crippen LogP contribution >= 0.6 is 12.2 Å². The molecule has 8 nitrogen and oxygen atoms in total. The van der Waals surface area contributed by atoms with Gasteiger partial charge in [-0.15, -0.1) is 0 Å².